The van der Waals surface area contributed by atoms with Crippen LogP contribution in [0, 0.1) is 0 Å². The molecule has 0 spiro atoms. The number of rotatable bonds is 9. The van der Waals surface area contributed by atoms with Gasteiger partial charge in [0.1, 0.15) is 0 Å². The summed E-state index contributed by atoms with van der Waals surface area (Å²) in [6, 6.07) is 0. The van der Waals surface area contributed by atoms with Gasteiger partial charge in [0.25, 0.3) is 0 Å². The van der Waals surface area contributed by atoms with Gasteiger partial charge in [-0.1, -0.05) is 0 Å². The van der Waals surface area contributed by atoms with Gasteiger partial charge in [-0.25, -0.2) is 0 Å². The van der Waals surface area contributed by atoms with E-state index in [1.54, 1.807) is 0 Å². The molecule has 3 aliphatic rings. The normalized spacial score (nSPS) is 27.2. The lowest BCUT2D eigenvalue weighted by atomic mass is 10.3. The summed E-state index contributed by atoms with van der Waals surface area (Å²) in [5.41, 5.74) is 0. The summed E-state index contributed by atoms with van der Waals surface area (Å²) in [5, 5.41) is 0. The van der Waals surface area contributed by atoms with Crippen molar-refractivity contribution >= 4 is 0 Å². The Balaban J connectivity index is 1.41. The molecule has 0 amide bonds. The summed E-state index contributed by atoms with van der Waals surface area (Å²) in [4.78, 5) is 10.3. The zero-order chi connectivity index (χ0) is 18.0. The monoisotopic (exact) mass is 370 g/mol. The first kappa shape index (κ1) is 20.5. The van der Waals surface area contributed by atoms with Crippen LogP contribution in [-0.4, -0.2) is 137 Å². The molecular formula is C19H38N4O3. The van der Waals surface area contributed by atoms with E-state index in [9.17, 15) is 0 Å². The first-order valence-corrected chi connectivity index (χ1v) is 10.5. The molecule has 0 bridgehead atoms. The third kappa shape index (κ3) is 7.38. The fourth-order valence-electron chi connectivity index (χ4n) is 3.93. The molecule has 0 aromatic heterocycles. The predicted molar refractivity (Wildman–Crippen MR) is 103 cm³/mol. The van der Waals surface area contributed by atoms with E-state index < -0.39 is 0 Å². The fraction of sp³-hybridized carbons (Fsp3) is 1.00. The van der Waals surface area contributed by atoms with E-state index in [-0.39, 0.29) is 0 Å². The molecule has 7 nitrogen and oxygen atoms in total. The lowest BCUT2D eigenvalue weighted by Gasteiger charge is -2.35. The van der Waals surface area contributed by atoms with E-state index in [0.29, 0.717) is 6.10 Å². The number of hydrogen-bond acceptors (Lipinski definition) is 7. The first-order valence-electron chi connectivity index (χ1n) is 10.5. The second-order valence-corrected chi connectivity index (χ2v) is 7.73. The van der Waals surface area contributed by atoms with Crippen LogP contribution in [0.25, 0.3) is 0 Å². The minimum atomic E-state index is 0.374. The second kappa shape index (κ2) is 11.5. The molecule has 1 unspecified atom stereocenters. The zero-order valence-electron chi connectivity index (χ0n) is 16.6. The van der Waals surface area contributed by atoms with Crippen molar-refractivity contribution in [3.63, 3.8) is 0 Å². The van der Waals surface area contributed by atoms with Gasteiger partial charge in [0.2, 0.25) is 0 Å². The van der Waals surface area contributed by atoms with Gasteiger partial charge >= 0.3 is 0 Å². The molecule has 0 aliphatic carbocycles. The quantitative estimate of drug-likeness (QED) is 0.551. The Hall–Kier alpha value is -0.280. The largest absolute Gasteiger partial charge is 0.379 e. The van der Waals surface area contributed by atoms with Crippen molar-refractivity contribution in [2.75, 3.05) is 112 Å². The lowest BCUT2D eigenvalue weighted by Crippen LogP contribution is -2.48. The van der Waals surface area contributed by atoms with Crippen LogP contribution in [0.4, 0.5) is 0 Å². The van der Waals surface area contributed by atoms with Crippen molar-refractivity contribution in [3.05, 3.63) is 0 Å². The van der Waals surface area contributed by atoms with Crippen molar-refractivity contribution in [2.45, 2.75) is 13.0 Å². The second-order valence-electron chi connectivity index (χ2n) is 7.73. The number of hydrogen-bond donors (Lipinski definition) is 0. The minimum Gasteiger partial charge on any atom is -0.379 e. The van der Waals surface area contributed by atoms with Gasteiger partial charge in [-0.15, -0.1) is 0 Å². The summed E-state index contributed by atoms with van der Waals surface area (Å²) in [7, 11) is 0. The average molecular weight is 371 g/mol. The smallest absolute Gasteiger partial charge is 0.0674 e. The van der Waals surface area contributed by atoms with Crippen LogP contribution in [0.3, 0.4) is 0 Å². The predicted octanol–water partition coefficient (Wildman–Crippen LogP) is -0.326. The van der Waals surface area contributed by atoms with E-state index in [1.807, 2.05) is 0 Å². The van der Waals surface area contributed by atoms with Gasteiger partial charge in [0.05, 0.1) is 39.1 Å². The third-order valence-corrected chi connectivity index (χ3v) is 5.73. The fourth-order valence-corrected chi connectivity index (χ4v) is 3.93. The van der Waals surface area contributed by atoms with Crippen LogP contribution in [-0.2, 0) is 14.2 Å². The maximum absolute atomic E-state index is 5.68. The van der Waals surface area contributed by atoms with Crippen molar-refractivity contribution in [1.82, 2.24) is 19.6 Å². The highest BCUT2D eigenvalue weighted by Crippen LogP contribution is 2.05. The Morgan fingerprint density at radius 1 is 0.692 bits per heavy atom. The van der Waals surface area contributed by atoms with Crippen molar-refractivity contribution in [2.24, 2.45) is 0 Å². The van der Waals surface area contributed by atoms with Crippen LogP contribution in [0.15, 0.2) is 0 Å². The molecule has 0 aromatic carbocycles. The molecule has 3 heterocycles. The number of morpholine rings is 3. The Morgan fingerprint density at radius 2 is 1.15 bits per heavy atom. The molecule has 7 heteroatoms. The van der Waals surface area contributed by atoms with Crippen molar-refractivity contribution in [3.8, 4) is 0 Å². The Kier molecular flexibility index (Phi) is 9.08. The molecule has 3 rings (SSSR count). The number of ether oxygens (including phenoxy) is 3. The van der Waals surface area contributed by atoms with Gasteiger partial charge in [-0.3, -0.25) is 19.6 Å². The van der Waals surface area contributed by atoms with Gasteiger partial charge in [0.15, 0.2) is 0 Å². The highest BCUT2D eigenvalue weighted by Gasteiger charge is 2.19. The Labute approximate surface area is 159 Å². The van der Waals surface area contributed by atoms with Gasteiger partial charge in [-0.2, -0.15) is 0 Å². The highest BCUT2D eigenvalue weighted by molar-refractivity contribution is 4.73. The Morgan fingerprint density at radius 3 is 1.65 bits per heavy atom. The molecule has 0 saturated carbocycles. The molecule has 0 aromatic rings. The van der Waals surface area contributed by atoms with Crippen LogP contribution in [0.1, 0.15) is 6.92 Å². The van der Waals surface area contributed by atoms with Crippen LogP contribution >= 0.6 is 0 Å². The van der Waals surface area contributed by atoms with Gasteiger partial charge < -0.3 is 14.2 Å². The van der Waals surface area contributed by atoms with Crippen molar-refractivity contribution < 1.29 is 14.2 Å². The van der Waals surface area contributed by atoms with E-state index in [2.05, 4.69) is 26.5 Å². The van der Waals surface area contributed by atoms with E-state index >= 15 is 0 Å². The standard InChI is InChI=1S/C19H38N4O3/c1-19-18-23(12-17-26-19)7-6-20(2-4-21-8-13-24-14-9-21)3-5-22-10-15-25-16-11-22/h19H,2-18H2,1H3. The summed E-state index contributed by atoms with van der Waals surface area (Å²) in [6.07, 6.45) is 0.374. The molecule has 0 radical (unpaired) electrons. The van der Waals surface area contributed by atoms with Crippen molar-refractivity contribution in [1.29, 1.82) is 0 Å². The SMILES string of the molecule is CC1CN(CCN(CCN2CCOCC2)CCN2CCOCC2)CCO1. The highest BCUT2D eigenvalue weighted by atomic mass is 16.5. The molecule has 0 N–H and O–H groups in total. The summed E-state index contributed by atoms with van der Waals surface area (Å²) < 4.78 is 16.6. The maximum atomic E-state index is 5.68. The lowest BCUT2D eigenvalue weighted by molar-refractivity contribution is -0.0217. The molecule has 152 valence electrons. The van der Waals surface area contributed by atoms with Gasteiger partial charge in [0, 0.05) is 78.5 Å². The summed E-state index contributed by atoms with van der Waals surface area (Å²) >= 11 is 0. The maximum Gasteiger partial charge on any atom is 0.0674 e. The Bertz CT molecular complexity index is 354. The molecule has 26 heavy (non-hydrogen) atoms. The van der Waals surface area contributed by atoms with E-state index in [1.165, 1.54) is 0 Å². The number of nitrogens with zero attached hydrogens (tertiary/aromatic N) is 4. The average Bonchev–Trinajstić information content (AvgIpc) is 2.69. The first-order chi connectivity index (χ1) is 12.8. The van der Waals surface area contributed by atoms with Gasteiger partial charge in [-0.05, 0) is 6.92 Å². The van der Waals surface area contributed by atoms with E-state index in [4.69, 9.17) is 14.2 Å². The summed E-state index contributed by atoms with van der Waals surface area (Å²) in [6.45, 7) is 20.0. The summed E-state index contributed by atoms with van der Waals surface area (Å²) in [5.74, 6) is 0. The molecule has 1 atom stereocenters. The minimum absolute atomic E-state index is 0.374. The van der Waals surface area contributed by atoms with E-state index in [0.717, 1.165) is 112 Å². The van der Waals surface area contributed by atoms with Crippen LogP contribution < -0.4 is 0 Å². The molecule has 3 fully saturated rings. The van der Waals surface area contributed by atoms with Crippen LogP contribution in [0.2, 0.25) is 0 Å². The molecule has 3 aliphatic heterocycles. The zero-order valence-corrected chi connectivity index (χ0v) is 16.6. The molecular weight excluding hydrogens is 332 g/mol. The molecule has 3 saturated heterocycles. The van der Waals surface area contributed by atoms with Crippen LogP contribution in [0.5, 0.6) is 0 Å². The third-order valence-electron chi connectivity index (χ3n) is 5.73. The topological polar surface area (TPSA) is 40.7 Å².